The average Bonchev–Trinajstić information content (AvgIpc) is 2.04. The normalized spacial score (nSPS) is 11.9. The van der Waals surface area contributed by atoms with E-state index in [9.17, 15) is 8.42 Å². The number of aromatic amines is 1. The van der Waals surface area contributed by atoms with Gasteiger partial charge in [0.15, 0.2) is 0 Å². The van der Waals surface area contributed by atoms with Crippen LogP contribution in [0.2, 0.25) is 0 Å². The summed E-state index contributed by atoms with van der Waals surface area (Å²) in [5, 5.41) is 0. The number of hydrogen-bond donors (Lipinski definition) is 1. The Morgan fingerprint density at radius 2 is 2.08 bits per heavy atom. The number of nitrogens with one attached hydrogen (secondary N) is 1. The number of hydrogen-bond acceptors (Lipinski definition) is 3. The van der Waals surface area contributed by atoms with E-state index in [0.29, 0.717) is 4.51 Å². The summed E-state index contributed by atoms with van der Waals surface area (Å²) in [6, 6.07) is 1.55. The highest BCUT2D eigenvalue weighted by atomic mass is 32.2. The fourth-order valence-electron chi connectivity index (χ4n) is 0.799. The number of rotatable bonds is 2. The summed E-state index contributed by atoms with van der Waals surface area (Å²) in [6.45, 7) is 0. The van der Waals surface area contributed by atoms with Gasteiger partial charge in [-0.3, -0.25) is 0 Å². The molecule has 0 saturated carbocycles. The van der Waals surface area contributed by atoms with Crippen LogP contribution in [-0.2, 0) is 10.0 Å². The van der Waals surface area contributed by atoms with Gasteiger partial charge in [0.2, 0.25) is 10.0 Å². The number of nitrogens with zero attached hydrogens (tertiary/aromatic N) is 1. The topological polar surface area (TPSA) is 53.2 Å². The summed E-state index contributed by atoms with van der Waals surface area (Å²) in [4.78, 5) is 2.82. The fourth-order valence-corrected chi connectivity index (χ4v) is 2.17. The Morgan fingerprint density at radius 3 is 2.54 bits per heavy atom. The molecule has 1 aromatic rings. The molecule has 0 radical (unpaired) electrons. The van der Waals surface area contributed by atoms with Crippen LogP contribution in [0.1, 0.15) is 0 Å². The predicted octanol–water partition coefficient (Wildman–Crippen LogP) is 0.994. The van der Waals surface area contributed by atoms with E-state index in [1.807, 2.05) is 0 Å². The Bertz CT molecular complexity index is 448. The Kier molecular flexibility index (Phi) is 2.84. The molecular weight excluding hydrogens is 208 g/mol. The highest BCUT2D eigenvalue weighted by Gasteiger charge is 2.17. The summed E-state index contributed by atoms with van der Waals surface area (Å²) in [6.07, 6.45) is 2.98. The molecule has 0 saturated heterocycles. The van der Waals surface area contributed by atoms with E-state index < -0.39 is 10.0 Å². The summed E-state index contributed by atoms with van der Waals surface area (Å²) in [5.41, 5.74) is 0. The van der Waals surface area contributed by atoms with Crippen molar-refractivity contribution in [3.63, 3.8) is 0 Å². The first kappa shape index (κ1) is 10.4. The molecule has 13 heavy (non-hydrogen) atoms. The molecule has 1 rings (SSSR count). The second kappa shape index (κ2) is 3.57. The van der Waals surface area contributed by atoms with Crippen LogP contribution in [-0.4, -0.2) is 31.8 Å². The molecule has 0 unspecified atom stereocenters. The van der Waals surface area contributed by atoms with Crippen molar-refractivity contribution in [2.75, 3.05) is 14.1 Å². The molecule has 1 aromatic heterocycles. The molecule has 0 bridgehead atoms. The zero-order valence-electron chi connectivity index (χ0n) is 7.31. The Balaban J connectivity index is 3.41. The van der Waals surface area contributed by atoms with E-state index in [-0.39, 0.29) is 4.90 Å². The van der Waals surface area contributed by atoms with Crippen molar-refractivity contribution in [3.8, 4) is 0 Å². The van der Waals surface area contributed by atoms with Crippen LogP contribution >= 0.6 is 12.2 Å². The lowest BCUT2D eigenvalue weighted by molar-refractivity contribution is 0.520. The maximum Gasteiger partial charge on any atom is 0.245 e. The standard InChI is InChI=1S/C7H10N2O2S2/c1-9(2)13(10,11)7-5-8-4-3-6(7)12/h3-5H,1-2H3,(H,8,12). The SMILES string of the molecule is CN(C)S(=O)(=O)c1c[nH]ccc1=S. The lowest BCUT2D eigenvalue weighted by Gasteiger charge is -2.10. The second-order valence-corrected chi connectivity index (χ2v) is 5.22. The van der Waals surface area contributed by atoms with Gasteiger partial charge in [-0.1, -0.05) is 12.2 Å². The van der Waals surface area contributed by atoms with E-state index in [1.54, 1.807) is 12.3 Å². The van der Waals surface area contributed by atoms with Crippen LogP contribution in [0.15, 0.2) is 23.4 Å². The molecule has 0 aromatic carbocycles. The molecular formula is C7H10N2O2S2. The van der Waals surface area contributed by atoms with Gasteiger partial charge >= 0.3 is 0 Å². The first-order valence-corrected chi connectivity index (χ1v) is 5.40. The first-order chi connectivity index (χ1) is 5.96. The Morgan fingerprint density at radius 1 is 1.46 bits per heavy atom. The van der Waals surface area contributed by atoms with Gasteiger partial charge in [-0.2, -0.15) is 0 Å². The van der Waals surface area contributed by atoms with E-state index in [1.165, 1.54) is 20.3 Å². The average molecular weight is 218 g/mol. The molecule has 6 heteroatoms. The second-order valence-electron chi connectivity index (χ2n) is 2.66. The monoisotopic (exact) mass is 218 g/mol. The van der Waals surface area contributed by atoms with E-state index in [4.69, 9.17) is 12.2 Å². The van der Waals surface area contributed by atoms with Gasteiger partial charge in [-0.15, -0.1) is 0 Å². The van der Waals surface area contributed by atoms with Gasteiger partial charge in [0.05, 0.1) is 4.51 Å². The number of aromatic nitrogens is 1. The Labute approximate surface area is 82.3 Å². The van der Waals surface area contributed by atoms with Gasteiger partial charge < -0.3 is 4.98 Å². The molecule has 0 amide bonds. The van der Waals surface area contributed by atoms with Gasteiger partial charge in [-0.05, 0) is 6.07 Å². The maximum absolute atomic E-state index is 11.6. The summed E-state index contributed by atoms with van der Waals surface area (Å²) < 4.78 is 24.6. The number of pyridine rings is 1. The predicted molar refractivity (Wildman–Crippen MR) is 52.5 cm³/mol. The maximum atomic E-state index is 11.6. The molecule has 0 aliphatic carbocycles. The van der Waals surface area contributed by atoms with Gasteiger partial charge in [-0.25, -0.2) is 12.7 Å². The molecule has 4 nitrogen and oxygen atoms in total. The van der Waals surface area contributed by atoms with Crippen LogP contribution in [0, 0.1) is 4.51 Å². The molecule has 0 atom stereocenters. The third-order valence-electron chi connectivity index (χ3n) is 1.55. The van der Waals surface area contributed by atoms with Gasteiger partial charge in [0.1, 0.15) is 4.90 Å². The molecule has 0 fully saturated rings. The minimum Gasteiger partial charge on any atom is -0.366 e. The lowest BCUT2D eigenvalue weighted by Crippen LogP contribution is -2.22. The van der Waals surface area contributed by atoms with Crippen LogP contribution in [0.3, 0.4) is 0 Å². The summed E-state index contributed by atoms with van der Waals surface area (Å²) in [7, 11) is -0.471. The van der Waals surface area contributed by atoms with Crippen LogP contribution in [0.5, 0.6) is 0 Å². The molecule has 1 heterocycles. The molecule has 0 aliphatic heterocycles. The molecule has 72 valence electrons. The minimum atomic E-state index is -3.41. The minimum absolute atomic E-state index is 0.134. The van der Waals surface area contributed by atoms with Crippen LogP contribution in [0.25, 0.3) is 0 Å². The first-order valence-electron chi connectivity index (χ1n) is 3.56. The van der Waals surface area contributed by atoms with Crippen molar-refractivity contribution in [1.29, 1.82) is 0 Å². The smallest absolute Gasteiger partial charge is 0.245 e. The zero-order valence-corrected chi connectivity index (χ0v) is 8.95. The zero-order chi connectivity index (χ0) is 10.1. The highest BCUT2D eigenvalue weighted by molar-refractivity contribution is 7.89. The Hall–Kier alpha value is -0.720. The molecule has 1 N–H and O–H groups in total. The highest BCUT2D eigenvalue weighted by Crippen LogP contribution is 2.12. The van der Waals surface area contributed by atoms with Gasteiger partial charge in [0, 0.05) is 26.5 Å². The van der Waals surface area contributed by atoms with Gasteiger partial charge in [0.25, 0.3) is 0 Å². The molecule has 0 aliphatic rings. The fraction of sp³-hybridized carbons (Fsp3) is 0.286. The summed E-state index contributed by atoms with van der Waals surface area (Å²) >= 11 is 4.89. The molecule has 0 spiro atoms. The van der Waals surface area contributed by atoms with E-state index in [0.717, 1.165) is 4.31 Å². The third kappa shape index (κ3) is 1.96. The van der Waals surface area contributed by atoms with Crippen molar-refractivity contribution in [1.82, 2.24) is 9.29 Å². The van der Waals surface area contributed by atoms with Crippen molar-refractivity contribution in [2.45, 2.75) is 4.90 Å². The van der Waals surface area contributed by atoms with E-state index >= 15 is 0 Å². The quantitative estimate of drug-likeness (QED) is 0.753. The number of H-pyrrole nitrogens is 1. The van der Waals surface area contributed by atoms with Crippen molar-refractivity contribution < 1.29 is 8.42 Å². The lowest BCUT2D eigenvalue weighted by atomic mass is 10.5. The number of sulfonamides is 1. The van der Waals surface area contributed by atoms with Crippen molar-refractivity contribution in [2.24, 2.45) is 0 Å². The van der Waals surface area contributed by atoms with Crippen LogP contribution in [0.4, 0.5) is 0 Å². The largest absolute Gasteiger partial charge is 0.366 e. The van der Waals surface area contributed by atoms with Crippen molar-refractivity contribution >= 4 is 22.2 Å². The van der Waals surface area contributed by atoms with E-state index in [2.05, 4.69) is 4.98 Å². The third-order valence-corrected chi connectivity index (χ3v) is 3.89. The van der Waals surface area contributed by atoms with Crippen molar-refractivity contribution in [3.05, 3.63) is 23.0 Å². The van der Waals surface area contributed by atoms with Crippen LogP contribution < -0.4 is 0 Å². The summed E-state index contributed by atoms with van der Waals surface area (Å²) in [5.74, 6) is 0.